The zero-order chi connectivity index (χ0) is 18.8. The van der Waals surface area contributed by atoms with Crippen LogP contribution in [-0.2, 0) is 19.6 Å². The van der Waals surface area contributed by atoms with Gasteiger partial charge >= 0.3 is 5.97 Å². The molecule has 1 heterocycles. The molecule has 9 heteroatoms. The Balaban J connectivity index is 2.24. The first-order valence-corrected chi connectivity index (χ1v) is 10.2. The van der Waals surface area contributed by atoms with Crippen molar-refractivity contribution < 1.29 is 23.1 Å². The number of rotatable bonds is 6. The number of amides is 1. The molecule has 0 radical (unpaired) electrons. The Bertz CT molecular complexity index is 748. The van der Waals surface area contributed by atoms with Gasteiger partial charge in [-0.05, 0) is 43.0 Å². The molecular formula is C16H21BrN2O5S. The first-order chi connectivity index (χ1) is 11.6. The van der Waals surface area contributed by atoms with Crippen molar-refractivity contribution in [1.82, 2.24) is 9.62 Å². The fraction of sp³-hybridized carbons (Fsp3) is 0.500. The standard InChI is InChI=1S/C16H21BrN2O5S/c1-10(2)14(15(20)19-9-3-4-13(19)16(21)22)18-25(23,24)12-7-5-11(17)6-8-12/h5-8,10,13-14,18H,3-4,9H2,1-2H3,(H,21,22)/t13-,14-/m0/s1. The molecule has 7 nitrogen and oxygen atoms in total. The Morgan fingerprint density at radius 2 is 1.88 bits per heavy atom. The summed E-state index contributed by atoms with van der Waals surface area (Å²) < 4.78 is 28.3. The van der Waals surface area contributed by atoms with Gasteiger partial charge in [-0.25, -0.2) is 13.2 Å². The fourth-order valence-electron chi connectivity index (χ4n) is 2.79. The van der Waals surface area contributed by atoms with Gasteiger partial charge in [0.2, 0.25) is 15.9 Å². The highest BCUT2D eigenvalue weighted by atomic mass is 79.9. The van der Waals surface area contributed by atoms with Crippen molar-refractivity contribution in [2.45, 2.75) is 43.7 Å². The van der Waals surface area contributed by atoms with Gasteiger partial charge in [-0.2, -0.15) is 4.72 Å². The summed E-state index contributed by atoms with van der Waals surface area (Å²) in [6, 6.07) is 4.15. The number of nitrogens with one attached hydrogen (secondary N) is 1. The molecule has 1 aliphatic heterocycles. The molecule has 1 aromatic rings. The van der Waals surface area contributed by atoms with E-state index in [1.165, 1.54) is 17.0 Å². The van der Waals surface area contributed by atoms with Gasteiger partial charge in [-0.3, -0.25) is 4.79 Å². The molecule has 2 N–H and O–H groups in total. The summed E-state index contributed by atoms with van der Waals surface area (Å²) in [5, 5.41) is 9.25. The average Bonchev–Trinajstić information content (AvgIpc) is 3.02. The third-order valence-electron chi connectivity index (χ3n) is 4.16. The normalized spacial score (nSPS) is 19.2. The molecule has 138 valence electrons. The topological polar surface area (TPSA) is 104 Å². The number of carbonyl (C=O) groups is 2. The summed E-state index contributed by atoms with van der Waals surface area (Å²) >= 11 is 3.24. The highest BCUT2D eigenvalue weighted by Gasteiger charge is 2.39. The van der Waals surface area contributed by atoms with E-state index in [0.29, 0.717) is 19.4 Å². The summed E-state index contributed by atoms with van der Waals surface area (Å²) in [6.07, 6.45) is 0.971. The number of carbonyl (C=O) groups excluding carboxylic acids is 1. The smallest absolute Gasteiger partial charge is 0.326 e. The van der Waals surface area contributed by atoms with Crippen LogP contribution in [0.15, 0.2) is 33.6 Å². The van der Waals surface area contributed by atoms with E-state index in [1.54, 1.807) is 26.0 Å². The lowest BCUT2D eigenvalue weighted by atomic mass is 10.0. The number of sulfonamides is 1. The SMILES string of the molecule is CC(C)[C@H](NS(=O)(=O)c1ccc(Br)cc1)C(=O)N1CCC[C@H]1C(=O)O. The van der Waals surface area contributed by atoms with E-state index >= 15 is 0 Å². The van der Waals surface area contributed by atoms with Crippen LogP contribution in [0, 0.1) is 5.92 Å². The van der Waals surface area contributed by atoms with Gasteiger partial charge in [0.15, 0.2) is 0 Å². The van der Waals surface area contributed by atoms with Gasteiger partial charge in [-0.1, -0.05) is 29.8 Å². The van der Waals surface area contributed by atoms with Crippen molar-refractivity contribution in [3.8, 4) is 0 Å². The van der Waals surface area contributed by atoms with Crippen molar-refractivity contribution in [3.05, 3.63) is 28.7 Å². The summed E-state index contributed by atoms with van der Waals surface area (Å²) in [4.78, 5) is 25.4. The van der Waals surface area contributed by atoms with E-state index in [-0.39, 0.29) is 10.8 Å². The maximum absolute atomic E-state index is 12.8. The maximum atomic E-state index is 12.8. The van der Waals surface area contributed by atoms with Gasteiger partial charge in [-0.15, -0.1) is 0 Å². The van der Waals surface area contributed by atoms with Crippen molar-refractivity contribution in [2.24, 2.45) is 5.92 Å². The monoisotopic (exact) mass is 432 g/mol. The maximum Gasteiger partial charge on any atom is 0.326 e. The number of hydrogen-bond acceptors (Lipinski definition) is 4. The van der Waals surface area contributed by atoms with Crippen LogP contribution in [-0.4, -0.2) is 48.9 Å². The lowest BCUT2D eigenvalue weighted by Crippen LogP contribution is -2.53. The number of likely N-dealkylation sites (tertiary alicyclic amines) is 1. The van der Waals surface area contributed by atoms with Crippen LogP contribution in [0.5, 0.6) is 0 Å². The first kappa shape index (κ1) is 19.9. The van der Waals surface area contributed by atoms with E-state index in [1.807, 2.05) is 0 Å². The van der Waals surface area contributed by atoms with Gasteiger partial charge in [0.25, 0.3) is 0 Å². The number of halogens is 1. The second-order valence-electron chi connectivity index (χ2n) is 6.32. The van der Waals surface area contributed by atoms with Crippen molar-refractivity contribution >= 4 is 37.8 Å². The molecule has 2 atom stereocenters. The second-order valence-corrected chi connectivity index (χ2v) is 8.95. The van der Waals surface area contributed by atoms with E-state index in [4.69, 9.17) is 0 Å². The summed E-state index contributed by atoms with van der Waals surface area (Å²) in [7, 11) is -3.90. The van der Waals surface area contributed by atoms with Gasteiger partial charge in [0.1, 0.15) is 12.1 Å². The highest BCUT2D eigenvalue weighted by molar-refractivity contribution is 9.10. The Labute approximate surface area is 155 Å². The van der Waals surface area contributed by atoms with Gasteiger partial charge < -0.3 is 10.0 Å². The van der Waals surface area contributed by atoms with E-state index in [0.717, 1.165) is 4.47 Å². The van der Waals surface area contributed by atoms with E-state index in [9.17, 15) is 23.1 Å². The van der Waals surface area contributed by atoms with Crippen LogP contribution in [0.25, 0.3) is 0 Å². The molecule has 1 aromatic carbocycles. The van der Waals surface area contributed by atoms with Crippen LogP contribution in [0.3, 0.4) is 0 Å². The molecular weight excluding hydrogens is 412 g/mol. The second kappa shape index (κ2) is 7.84. The van der Waals surface area contributed by atoms with E-state index in [2.05, 4.69) is 20.7 Å². The van der Waals surface area contributed by atoms with Gasteiger partial charge in [0.05, 0.1) is 4.90 Å². The van der Waals surface area contributed by atoms with Gasteiger partial charge in [0, 0.05) is 11.0 Å². The molecule has 0 spiro atoms. The number of carboxylic acid groups (broad SMARTS) is 1. The van der Waals surface area contributed by atoms with Crippen molar-refractivity contribution in [3.63, 3.8) is 0 Å². The molecule has 1 fully saturated rings. The minimum absolute atomic E-state index is 0.0466. The molecule has 0 saturated carbocycles. The number of benzene rings is 1. The van der Waals surface area contributed by atoms with Crippen LogP contribution >= 0.6 is 15.9 Å². The molecule has 0 bridgehead atoms. The molecule has 25 heavy (non-hydrogen) atoms. The minimum Gasteiger partial charge on any atom is -0.480 e. The minimum atomic E-state index is -3.90. The van der Waals surface area contributed by atoms with E-state index < -0.39 is 34.0 Å². The molecule has 0 unspecified atom stereocenters. The molecule has 0 aliphatic carbocycles. The van der Waals surface area contributed by atoms with Crippen molar-refractivity contribution in [1.29, 1.82) is 0 Å². The molecule has 1 aliphatic rings. The summed E-state index contributed by atoms with van der Waals surface area (Å²) in [5.41, 5.74) is 0. The molecule has 1 saturated heterocycles. The predicted octanol–water partition coefficient (Wildman–Crippen LogP) is 1.83. The third-order valence-corrected chi connectivity index (χ3v) is 6.15. The Kier molecular flexibility index (Phi) is 6.23. The lowest BCUT2D eigenvalue weighted by molar-refractivity contribution is -0.149. The third kappa shape index (κ3) is 4.59. The number of carboxylic acids is 1. The average molecular weight is 433 g/mol. The van der Waals surface area contributed by atoms with Crippen molar-refractivity contribution in [2.75, 3.05) is 6.54 Å². The lowest BCUT2D eigenvalue weighted by Gasteiger charge is -2.29. The molecule has 0 aromatic heterocycles. The fourth-order valence-corrected chi connectivity index (χ4v) is 4.39. The van der Waals surface area contributed by atoms with Crippen LogP contribution in [0.4, 0.5) is 0 Å². The number of nitrogens with zero attached hydrogens (tertiary/aromatic N) is 1. The Hall–Kier alpha value is -1.45. The Morgan fingerprint density at radius 1 is 1.28 bits per heavy atom. The zero-order valence-electron chi connectivity index (χ0n) is 14.0. The molecule has 2 rings (SSSR count). The van der Waals surface area contributed by atoms with Crippen LogP contribution in [0.1, 0.15) is 26.7 Å². The summed E-state index contributed by atoms with van der Waals surface area (Å²) in [5.74, 6) is -1.89. The van der Waals surface area contributed by atoms with Crippen LogP contribution < -0.4 is 4.72 Å². The van der Waals surface area contributed by atoms with Crippen LogP contribution in [0.2, 0.25) is 0 Å². The highest BCUT2D eigenvalue weighted by Crippen LogP contribution is 2.22. The Morgan fingerprint density at radius 3 is 2.40 bits per heavy atom. The molecule has 1 amide bonds. The first-order valence-electron chi connectivity index (χ1n) is 7.94. The largest absolute Gasteiger partial charge is 0.480 e. The quantitative estimate of drug-likeness (QED) is 0.713. The number of aliphatic carboxylic acids is 1. The number of hydrogen-bond donors (Lipinski definition) is 2. The predicted molar refractivity (Wildman–Crippen MR) is 95.5 cm³/mol. The summed E-state index contributed by atoms with van der Waals surface area (Å²) in [6.45, 7) is 3.76. The zero-order valence-corrected chi connectivity index (χ0v) is 16.4.